The van der Waals surface area contributed by atoms with Crippen molar-refractivity contribution in [3.8, 4) is 0 Å². The number of β-amino-alcohol motifs (C(OH)–C–C–N with tert-alkyl or cyclic N) is 1. The predicted octanol–water partition coefficient (Wildman–Crippen LogP) is 0.794. The number of carbonyl (C=O) groups is 2. The van der Waals surface area contributed by atoms with E-state index in [4.69, 9.17) is 5.11 Å². The zero-order valence-corrected chi connectivity index (χ0v) is 13.2. The Hall–Kier alpha value is -1.14. The second-order valence-electron chi connectivity index (χ2n) is 5.77. The van der Waals surface area contributed by atoms with Crippen molar-refractivity contribution < 1.29 is 19.8 Å². The fourth-order valence-electron chi connectivity index (χ4n) is 2.86. The Labute approximate surface area is 126 Å². The molecule has 2 N–H and O–H groups in total. The van der Waals surface area contributed by atoms with Crippen molar-refractivity contribution in [1.29, 1.82) is 0 Å². The number of hydrogen-bond donors (Lipinski definition) is 2. The number of amides is 1. The van der Waals surface area contributed by atoms with Crippen LogP contribution in [0.4, 0.5) is 0 Å². The van der Waals surface area contributed by atoms with Gasteiger partial charge in [-0.1, -0.05) is 13.8 Å². The molecule has 1 rings (SSSR count). The van der Waals surface area contributed by atoms with Gasteiger partial charge in [0, 0.05) is 32.6 Å². The Kier molecular flexibility index (Phi) is 7.11. The third-order valence-corrected chi connectivity index (χ3v) is 4.65. The van der Waals surface area contributed by atoms with Crippen LogP contribution < -0.4 is 0 Å². The zero-order valence-electron chi connectivity index (χ0n) is 13.2. The Bertz CT molecular complexity index is 356. The second-order valence-corrected chi connectivity index (χ2v) is 5.77. The summed E-state index contributed by atoms with van der Waals surface area (Å²) in [6.45, 7) is 7.31. The number of aliphatic hydroxyl groups is 1. The number of hydrogen-bond acceptors (Lipinski definition) is 4. The summed E-state index contributed by atoms with van der Waals surface area (Å²) >= 11 is 0. The summed E-state index contributed by atoms with van der Waals surface area (Å²) in [4.78, 5) is 27.9. The molecule has 1 saturated heterocycles. The lowest BCUT2D eigenvalue weighted by Gasteiger charge is -2.29. The molecule has 0 radical (unpaired) electrons. The van der Waals surface area contributed by atoms with Crippen LogP contribution in [0, 0.1) is 5.41 Å². The first-order chi connectivity index (χ1) is 9.99. The zero-order chi connectivity index (χ0) is 15.9. The maximum Gasteiger partial charge on any atom is 0.310 e. The maximum absolute atomic E-state index is 12.4. The number of carboxylic acid groups (broad SMARTS) is 1. The standard InChI is InChI=1S/C15H28N2O4/c1-3-15(4-2,14(20)21)12-13(19)17-7-5-6-16(8-9-17)10-11-18/h18H,3-12H2,1-2H3,(H,20,21). The van der Waals surface area contributed by atoms with Gasteiger partial charge in [0.2, 0.25) is 5.91 Å². The molecule has 1 aliphatic heterocycles. The predicted molar refractivity (Wildman–Crippen MR) is 80.0 cm³/mol. The molecule has 0 atom stereocenters. The minimum absolute atomic E-state index is 0.0630. The molecule has 1 fully saturated rings. The lowest BCUT2D eigenvalue weighted by atomic mass is 9.79. The lowest BCUT2D eigenvalue weighted by molar-refractivity contribution is -0.154. The van der Waals surface area contributed by atoms with Crippen LogP contribution in [0.5, 0.6) is 0 Å². The number of nitrogens with zero attached hydrogens (tertiary/aromatic N) is 2. The van der Waals surface area contributed by atoms with Crippen LogP contribution in [0.25, 0.3) is 0 Å². The monoisotopic (exact) mass is 300 g/mol. The van der Waals surface area contributed by atoms with Crippen LogP contribution in [-0.2, 0) is 9.59 Å². The molecule has 21 heavy (non-hydrogen) atoms. The summed E-state index contributed by atoms with van der Waals surface area (Å²) in [5.74, 6) is -0.940. The van der Waals surface area contributed by atoms with Gasteiger partial charge in [-0.3, -0.25) is 14.5 Å². The van der Waals surface area contributed by atoms with Gasteiger partial charge in [0.1, 0.15) is 0 Å². The summed E-state index contributed by atoms with van der Waals surface area (Å²) in [5, 5.41) is 18.4. The van der Waals surface area contributed by atoms with Crippen molar-refractivity contribution in [1.82, 2.24) is 9.80 Å². The first-order valence-electron chi connectivity index (χ1n) is 7.83. The van der Waals surface area contributed by atoms with E-state index in [0.717, 1.165) is 19.5 Å². The van der Waals surface area contributed by atoms with E-state index in [-0.39, 0.29) is 18.9 Å². The lowest BCUT2D eigenvalue weighted by Crippen LogP contribution is -2.41. The van der Waals surface area contributed by atoms with Crippen LogP contribution >= 0.6 is 0 Å². The van der Waals surface area contributed by atoms with Gasteiger partial charge in [0.25, 0.3) is 0 Å². The minimum atomic E-state index is -0.936. The summed E-state index contributed by atoms with van der Waals surface area (Å²) in [5.41, 5.74) is -0.936. The summed E-state index contributed by atoms with van der Waals surface area (Å²) in [6, 6.07) is 0. The summed E-state index contributed by atoms with van der Waals surface area (Å²) in [6.07, 6.45) is 1.88. The van der Waals surface area contributed by atoms with Crippen LogP contribution in [0.2, 0.25) is 0 Å². The van der Waals surface area contributed by atoms with Crippen molar-refractivity contribution in [2.45, 2.75) is 39.5 Å². The van der Waals surface area contributed by atoms with Crippen molar-refractivity contribution in [3.05, 3.63) is 0 Å². The molecule has 0 unspecified atom stereocenters. The molecule has 1 amide bonds. The smallest absolute Gasteiger partial charge is 0.310 e. The fraction of sp³-hybridized carbons (Fsp3) is 0.867. The third-order valence-electron chi connectivity index (χ3n) is 4.65. The van der Waals surface area contributed by atoms with Crippen molar-refractivity contribution >= 4 is 11.9 Å². The van der Waals surface area contributed by atoms with Crippen LogP contribution in [0.1, 0.15) is 39.5 Å². The Morgan fingerprint density at radius 2 is 1.76 bits per heavy atom. The molecule has 0 aromatic carbocycles. The SMILES string of the molecule is CCC(CC)(CC(=O)N1CCCN(CCO)CC1)C(=O)O. The molecule has 0 aromatic heterocycles. The molecule has 6 heteroatoms. The molecule has 1 aliphatic rings. The van der Waals surface area contributed by atoms with Gasteiger partial charge in [-0.05, 0) is 25.8 Å². The van der Waals surface area contributed by atoms with Gasteiger partial charge >= 0.3 is 5.97 Å². The number of rotatable bonds is 7. The number of aliphatic carboxylic acids is 1. The molecule has 122 valence electrons. The minimum Gasteiger partial charge on any atom is -0.481 e. The van der Waals surface area contributed by atoms with E-state index in [0.29, 0.717) is 32.5 Å². The number of carbonyl (C=O) groups excluding carboxylic acids is 1. The van der Waals surface area contributed by atoms with E-state index in [1.165, 1.54) is 0 Å². The average Bonchev–Trinajstić information content (AvgIpc) is 2.70. The van der Waals surface area contributed by atoms with E-state index in [1.54, 1.807) is 4.90 Å². The highest BCUT2D eigenvalue weighted by molar-refractivity contribution is 5.85. The Morgan fingerprint density at radius 3 is 2.29 bits per heavy atom. The molecule has 0 aliphatic carbocycles. The van der Waals surface area contributed by atoms with E-state index in [9.17, 15) is 14.7 Å². The van der Waals surface area contributed by atoms with Gasteiger partial charge < -0.3 is 15.1 Å². The molecule has 1 heterocycles. The maximum atomic E-state index is 12.4. The van der Waals surface area contributed by atoms with Crippen LogP contribution in [0.15, 0.2) is 0 Å². The fourth-order valence-corrected chi connectivity index (χ4v) is 2.86. The van der Waals surface area contributed by atoms with Crippen LogP contribution in [-0.4, -0.2) is 71.2 Å². The van der Waals surface area contributed by atoms with E-state index < -0.39 is 11.4 Å². The normalized spacial score (nSPS) is 17.6. The largest absolute Gasteiger partial charge is 0.481 e. The highest BCUT2D eigenvalue weighted by Gasteiger charge is 2.38. The summed E-state index contributed by atoms with van der Waals surface area (Å²) < 4.78 is 0. The van der Waals surface area contributed by atoms with Gasteiger partial charge in [0.05, 0.1) is 12.0 Å². The van der Waals surface area contributed by atoms with E-state index >= 15 is 0 Å². The topological polar surface area (TPSA) is 81.1 Å². The highest BCUT2D eigenvalue weighted by atomic mass is 16.4. The number of carboxylic acids is 1. The third kappa shape index (κ3) is 4.68. The van der Waals surface area contributed by atoms with Crippen molar-refractivity contribution in [2.75, 3.05) is 39.3 Å². The van der Waals surface area contributed by atoms with Crippen LogP contribution in [0.3, 0.4) is 0 Å². The molecule has 0 aromatic rings. The molecule has 0 bridgehead atoms. The Balaban J connectivity index is 2.64. The van der Waals surface area contributed by atoms with Gasteiger partial charge in [0.15, 0.2) is 0 Å². The van der Waals surface area contributed by atoms with E-state index in [1.807, 2.05) is 13.8 Å². The number of aliphatic hydroxyl groups excluding tert-OH is 1. The summed E-state index contributed by atoms with van der Waals surface area (Å²) in [7, 11) is 0. The van der Waals surface area contributed by atoms with Crippen molar-refractivity contribution in [3.63, 3.8) is 0 Å². The molecule has 0 spiro atoms. The van der Waals surface area contributed by atoms with Gasteiger partial charge in [-0.2, -0.15) is 0 Å². The highest BCUT2D eigenvalue weighted by Crippen LogP contribution is 2.31. The molecule has 6 nitrogen and oxygen atoms in total. The van der Waals surface area contributed by atoms with Gasteiger partial charge in [-0.25, -0.2) is 0 Å². The first-order valence-corrected chi connectivity index (χ1v) is 7.83. The first kappa shape index (κ1) is 17.9. The average molecular weight is 300 g/mol. The quantitative estimate of drug-likeness (QED) is 0.726. The van der Waals surface area contributed by atoms with E-state index in [2.05, 4.69) is 4.90 Å². The second kappa shape index (κ2) is 8.34. The van der Waals surface area contributed by atoms with Crippen molar-refractivity contribution in [2.24, 2.45) is 5.41 Å². The van der Waals surface area contributed by atoms with Gasteiger partial charge in [-0.15, -0.1) is 0 Å². The molecule has 0 saturated carbocycles. The Morgan fingerprint density at radius 1 is 1.10 bits per heavy atom. The molecular weight excluding hydrogens is 272 g/mol. The molecular formula is C15H28N2O4.